The molecule has 1 saturated heterocycles. The zero-order chi connectivity index (χ0) is 16.7. The summed E-state index contributed by atoms with van der Waals surface area (Å²) in [6, 6.07) is 4.93. The molecule has 2 aliphatic rings. The van der Waals surface area contributed by atoms with E-state index in [1.54, 1.807) is 12.1 Å². The molecule has 1 aliphatic heterocycles. The molecule has 0 aromatic heterocycles. The van der Waals surface area contributed by atoms with Crippen molar-refractivity contribution in [3.8, 4) is 0 Å². The first kappa shape index (κ1) is 16.9. The summed E-state index contributed by atoms with van der Waals surface area (Å²) in [4.78, 5) is -0.0440. The summed E-state index contributed by atoms with van der Waals surface area (Å²) < 4.78 is 45.0. The van der Waals surface area contributed by atoms with Crippen LogP contribution in [0.4, 0.5) is 0 Å². The van der Waals surface area contributed by atoms with Gasteiger partial charge in [0, 0.05) is 19.3 Å². The van der Waals surface area contributed by atoms with Crippen molar-refractivity contribution in [2.45, 2.75) is 68.7 Å². The van der Waals surface area contributed by atoms with Gasteiger partial charge in [-0.15, -0.1) is 0 Å². The highest BCUT2D eigenvalue weighted by Crippen LogP contribution is 2.43. The lowest BCUT2D eigenvalue weighted by atomic mass is 9.93. The topological polar surface area (TPSA) is 72.8 Å². The number of hydrogen-bond donors (Lipinski definition) is 1. The lowest BCUT2D eigenvalue weighted by Crippen LogP contribution is -2.38. The van der Waals surface area contributed by atoms with Gasteiger partial charge in [0.05, 0.1) is 17.1 Å². The molecule has 128 valence electrons. The van der Waals surface area contributed by atoms with Crippen molar-refractivity contribution in [1.29, 1.82) is 0 Å². The van der Waals surface area contributed by atoms with E-state index in [4.69, 9.17) is 9.47 Å². The fourth-order valence-corrected chi connectivity index (χ4v) is 4.42. The lowest BCUT2D eigenvalue weighted by molar-refractivity contribution is -0.201. The first-order chi connectivity index (χ1) is 10.7. The molecule has 0 unspecified atom stereocenters. The molecule has 1 atom stereocenters. The van der Waals surface area contributed by atoms with Crippen LogP contribution in [0.5, 0.6) is 0 Å². The van der Waals surface area contributed by atoms with Crippen molar-refractivity contribution in [2.75, 3.05) is 6.61 Å². The van der Waals surface area contributed by atoms with Crippen LogP contribution < -0.4 is 0 Å². The van der Waals surface area contributed by atoms with Crippen molar-refractivity contribution < 1.29 is 22.4 Å². The molecule has 2 fully saturated rings. The van der Waals surface area contributed by atoms with Crippen LogP contribution >= 0.6 is 0 Å². The van der Waals surface area contributed by atoms with E-state index < -0.39 is 21.5 Å². The Kier molecular flexibility index (Phi) is 4.29. The standard InChI is InChI=1S/C17H24O5S/c1-13-6-7-15(23(18,19)20)14(10-13)11-16(2)12-21-17(22-16)8-4-3-5-9-17/h6-7,10H,3-5,8-9,11-12H2,1-2H3,(H,18,19,20)/t16-/m0/s1. The minimum Gasteiger partial charge on any atom is -0.347 e. The minimum absolute atomic E-state index is 0.0440. The first-order valence-electron chi connectivity index (χ1n) is 8.13. The normalized spacial score (nSPS) is 27.4. The smallest absolute Gasteiger partial charge is 0.294 e. The van der Waals surface area contributed by atoms with Gasteiger partial charge in [0.2, 0.25) is 0 Å². The molecular weight excluding hydrogens is 316 g/mol. The van der Waals surface area contributed by atoms with Crippen LogP contribution in [0.1, 0.15) is 50.2 Å². The summed E-state index contributed by atoms with van der Waals surface area (Å²) in [5.74, 6) is -0.505. The quantitative estimate of drug-likeness (QED) is 0.855. The van der Waals surface area contributed by atoms with Gasteiger partial charge in [0.1, 0.15) is 0 Å². The van der Waals surface area contributed by atoms with Crippen LogP contribution in [0, 0.1) is 6.92 Å². The van der Waals surface area contributed by atoms with Crippen molar-refractivity contribution in [1.82, 2.24) is 0 Å². The van der Waals surface area contributed by atoms with Crippen LogP contribution in [-0.4, -0.2) is 31.0 Å². The van der Waals surface area contributed by atoms with Gasteiger partial charge >= 0.3 is 0 Å². The van der Waals surface area contributed by atoms with Crippen molar-refractivity contribution >= 4 is 10.1 Å². The van der Waals surface area contributed by atoms with E-state index in [1.807, 2.05) is 13.8 Å². The summed E-state index contributed by atoms with van der Waals surface area (Å²) >= 11 is 0. The number of ether oxygens (including phenoxy) is 2. The molecule has 1 aromatic rings. The van der Waals surface area contributed by atoms with Gasteiger partial charge < -0.3 is 9.47 Å². The number of benzene rings is 1. The van der Waals surface area contributed by atoms with Crippen LogP contribution in [0.3, 0.4) is 0 Å². The summed E-state index contributed by atoms with van der Waals surface area (Å²) in [7, 11) is -4.25. The predicted molar refractivity (Wildman–Crippen MR) is 86.0 cm³/mol. The number of aryl methyl sites for hydroxylation is 1. The zero-order valence-corrected chi connectivity index (χ0v) is 14.5. The second kappa shape index (κ2) is 5.84. The summed E-state index contributed by atoms with van der Waals surface area (Å²) in [5.41, 5.74) is 0.943. The Morgan fingerprint density at radius 1 is 1.22 bits per heavy atom. The highest BCUT2D eigenvalue weighted by atomic mass is 32.2. The van der Waals surface area contributed by atoms with Gasteiger partial charge in [-0.3, -0.25) is 4.55 Å². The molecule has 1 saturated carbocycles. The third kappa shape index (κ3) is 3.60. The minimum atomic E-state index is -4.25. The Balaban J connectivity index is 1.86. The Hall–Kier alpha value is -0.950. The molecule has 1 spiro atoms. The maximum Gasteiger partial charge on any atom is 0.294 e. The second-order valence-electron chi connectivity index (χ2n) is 7.08. The van der Waals surface area contributed by atoms with Gasteiger partial charge in [-0.1, -0.05) is 24.1 Å². The molecule has 23 heavy (non-hydrogen) atoms. The van der Waals surface area contributed by atoms with Gasteiger partial charge in [0.15, 0.2) is 5.79 Å². The Morgan fingerprint density at radius 3 is 2.57 bits per heavy atom. The highest BCUT2D eigenvalue weighted by Gasteiger charge is 2.48. The van der Waals surface area contributed by atoms with E-state index in [2.05, 4.69) is 0 Å². The Labute approximate surface area is 137 Å². The second-order valence-corrected chi connectivity index (χ2v) is 8.46. The summed E-state index contributed by atoms with van der Waals surface area (Å²) in [6.45, 7) is 4.28. The van der Waals surface area contributed by atoms with Gasteiger partial charge in [0.25, 0.3) is 10.1 Å². The third-order valence-corrected chi connectivity index (χ3v) is 5.70. The van der Waals surface area contributed by atoms with E-state index in [0.717, 1.165) is 31.2 Å². The average molecular weight is 340 g/mol. The van der Waals surface area contributed by atoms with E-state index >= 15 is 0 Å². The zero-order valence-electron chi connectivity index (χ0n) is 13.7. The molecule has 0 radical (unpaired) electrons. The van der Waals surface area contributed by atoms with Gasteiger partial charge in [-0.05, 0) is 38.3 Å². The summed E-state index contributed by atoms with van der Waals surface area (Å²) in [5, 5.41) is 0. The largest absolute Gasteiger partial charge is 0.347 e. The van der Waals surface area contributed by atoms with Crippen molar-refractivity contribution in [3.05, 3.63) is 29.3 Å². The van der Waals surface area contributed by atoms with E-state index in [0.29, 0.717) is 18.6 Å². The Bertz CT molecular complexity index is 691. The van der Waals surface area contributed by atoms with Gasteiger partial charge in [-0.25, -0.2) is 0 Å². The van der Waals surface area contributed by atoms with E-state index in [1.165, 1.54) is 12.5 Å². The van der Waals surface area contributed by atoms with E-state index in [9.17, 15) is 13.0 Å². The molecule has 0 bridgehead atoms. The van der Waals surface area contributed by atoms with Crippen molar-refractivity contribution in [2.24, 2.45) is 0 Å². The van der Waals surface area contributed by atoms with Crippen LogP contribution in [0.15, 0.2) is 23.1 Å². The van der Waals surface area contributed by atoms with E-state index in [-0.39, 0.29) is 4.90 Å². The monoisotopic (exact) mass is 340 g/mol. The van der Waals surface area contributed by atoms with Crippen LogP contribution in [0.25, 0.3) is 0 Å². The lowest BCUT2D eigenvalue weighted by Gasteiger charge is -2.34. The molecule has 6 heteroatoms. The molecule has 5 nitrogen and oxygen atoms in total. The fourth-order valence-electron chi connectivity index (χ4n) is 3.72. The molecule has 1 aliphatic carbocycles. The average Bonchev–Trinajstić information content (AvgIpc) is 2.75. The SMILES string of the molecule is Cc1ccc(S(=O)(=O)O)c(C[C@@]2(C)COC3(CCCCC3)O2)c1. The number of rotatable bonds is 3. The molecular formula is C17H24O5S. The van der Waals surface area contributed by atoms with Gasteiger partial charge in [-0.2, -0.15) is 8.42 Å². The molecule has 0 amide bonds. The molecule has 1 aromatic carbocycles. The third-order valence-electron chi connectivity index (χ3n) is 4.75. The predicted octanol–water partition coefficient (Wildman–Crippen LogP) is 3.25. The number of hydrogen-bond acceptors (Lipinski definition) is 4. The highest BCUT2D eigenvalue weighted by molar-refractivity contribution is 7.85. The molecule has 3 rings (SSSR count). The maximum absolute atomic E-state index is 11.6. The van der Waals surface area contributed by atoms with Crippen LogP contribution in [0.2, 0.25) is 0 Å². The molecule has 1 N–H and O–H groups in total. The Morgan fingerprint density at radius 2 is 1.91 bits per heavy atom. The fraction of sp³-hybridized carbons (Fsp3) is 0.647. The van der Waals surface area contributed by atoms with Crippen LogP contribution in [-0.2, 0) is 26.0 Å². The summed E-state index contributed by atoms with van der Waals surface area (Å²) in [6.07, 6.45) is 5.57. The maximum atomic E-state index is 11.6. The van der Waals surface area contributed by atoms with Crippen molar-refractivity contribution in [3.63, 3.8) is 0 Å². The molecule has 1 heterocycles. The first-order valence-corrected chi connectivity index (χ1v) is 9.57.